The summed E-state index contributed by atoms with van der Waals surface area (Å²) in [4.78, 5) is 11.7. The fraction of sp³-hybridized carbons (Fsp3) is 0.350. The fourth-order valence-corrected chi connectivity index (χ4v) is 3.11. The third kappa shape index (κ3) is 3.70. The predicted molar refractivity (Wildman–Crippen MR) is 93.2 cm³/mol. The van der Waals surface area contributed by atoms with E-state index >= 15 is 0 Å². The first-order chi connectivity index (χ1) is 11.2. The van der Waals surface area contributed by atoms with Gasteiger partial charge in [-0.2, -0.15) is 0 Å². The summed E-state index contributed by atoms with van der Waals surface area (Å²) in [5, 5.41) is 28.7. The number of carboxylic acids is 1. The Bertz CT molecular complexity index is 641. The van der Waals surface area contributed by atoms with Gasteiger partial charge in [-0.15, -0.1) is 0 Å². The van der Waals surface area contributed by atoms with E-state index in [1.54, 1.807) is 24.3 Å². The Morgan fingerprint density at radius 2 is 1.29 bits per heavy atom. The molecule has 128 valence electrons. The highest BCUT2D eigenvalue weighted by molar-refractivity contribution is 5.70. The zero-order valence-corrected chi connectivity index (χ0v) is 14.2. The lowest BCUT2D eigenvalue weighted by Gasteiger charge is -2.34. The first-order valence-electron chi connectivity index (χ1n) is 8.06. The Labute approximate surface area is 142 Å². The SMILES string of the molecule is CC(C)C(CC(C)(c1ccc(O)cc1)c1ccc(O)cc1)C(=O)O. The lowest BCUT2D eigenvalue weighted by atomic mass is 9.68. The van der Waals surface area contributed by atoms with Crippen LogP contribution in [-0.4, -0.2) is 21.3 Å². The van der Waals surface area contributed by atoms with Gasteiger partial charge in [0.1, 0.15) is 11.5 Å². The van der Waals surface area contributed by atoms with Gasteiger partial charge in [-0.3, -0.25) is 4.79 Å². The van der Waals surface area contributed by atoms with Gasteiger partial charge >= 0.3 is 5.97 Å². The van der Waals surface area contributed by atoms with Crippen molar-refractivity contribution in [1.82, 2.24) is 0 Å². The summed E-state index contributed by atoms with van der Waals surface area (Å²) >= 11 is 0. The van der Waals surface area contributed by atoms with Crippen LogP contribution in [0.5, 0.6) is 11.5 Å². The van der Waals surface area contributed by atoms with Crippen molar-refractivity contribution >= 4 is 5.97 Å². The third-order valence-corrected chi connectivity index (χ3v) is 4.76. The second-order valence-corrected chi connectivity index (χ2v) is 6.82. The monoisotopic (exact) mass is 328 g/mol. The maximum atomic E-state index is 11.7. The van der Waals surface area contributed by atoms with Gasteiger partial charge in [0.15, 0.2) is 0 Å². The number of hydrogen-bond donors (Lipinski definition) is 3. The Morgan fingerprint density at radius 3 is 1.58 bits per heavy atom. The summed E-state index contributed by atoms with van der Waals surface area (Å²) in [6.07, 6.45) is 0.426. The van der Waals surface area contributed by atoms with E-state index in [9.17, 15) is 20.1 Å². The quantitative estimate of drug-likeness (QED) is 0.744. The Balaban J connectivity index is 2.53. The van der Waals surface area contributed by atoms with Gasteiger partial charge < -0.3 is 15.3 Å². The molecule has 0 aliphatic rings. The molecule has 4 heteroatoms. The van der Waals surface area contributed by atoms with Crippen LogP contribution in [0.4, 0.5) is 0 Å². The minimum absolute atomic E-state index is 0.00365. The summed E-state index contributed by atoms with van der Waals surface area (Å²) in [6.45, 7) is 5.82. The Hall–Kier alpha value is -2.49. The van der Waals surface area contributed by atoms with Gasteiger partial charge in [-0.1, -0.05) is 45.0 Å². The number of aromatic hydroxyl groups is 2. The Morgan fingerprint density at radius 1 is 0.917 bits per heavy atom. The number of rotatable bonds is 6. The van der Waals surface area contributed by atoms with Gasteiger partial charge in [-0.05, 0) is 47.7 Å². The first-order valence-corrected chi connectivity index (χ1v) is 8.06. The van der Waals surface area contributed by atoms with Gasteiger partial charge in [0.25, 0.3) is 0 Å². The molecule has 2 rings (SSSR count). The molecule has 0 saturated carbocycles. The van der Waals surface area contributed by atoms with Gasteiger partial charge in [0.2, 0.25) is 0 Å². The zero-order chi connectivity index (χ0) is 17.9. The molecule has 0 aromatic heterocycles. The van der Waals surface area contributed by atoms with Crippen molar-refractivity contribution in [2.24, 2.45) is 11.8 Å². The zero-order valence-electron chi connectivity index (χ0n) is 14.2. The molecule has 0 aliphatic carbocycles. The number of carboxylic acid groups (broad SMARTS) is 1. The molecule has 0 heterocycles. The van der Waals surface area contributed by atoms with Crippen molar-refractivity contribution < 1.29 is 20.1 Å². The van der Waals surface area contributed by atoms with E-state index in [1.165, 1.54) is 0 Å². The molecule has 2 aromatic carbocycles. The summed E-state index contributed by atoms with van der Waals surface area (Å²) in [6, 6.07) is 13.7. The molecule has 0 spiro atoms. The molecule has 0 aliphatic heterocycles. The van der Waals surface area contributed by atoms with Crippen molar-refractivity contribution in [2.75, 3.05) is 0 Å². The van der Waals surface area contributed by atoms with E-state index in [2.05, 4.69) is 0 Å². The van der Waals surface area contributed by atoms with Crippen LogP contribution in [0, 0.1) is 11.8 Å². The lowest BCUT2D eigenvalue weighted by molar-refractivity contribution is -0.144. The van der Waals surface area contributed by atoms with Gasteiger partial charge in [-0.25, -0.2) is 0 Å². The summed E-state index contributed by atoms with van der Waals surface area (Å²) in [5.41, 5.74) is 1.31. The molecule has 1 unspecified atom stereocenters. The van der Waals surface area contributed by atoms with Gasteiger partial charge in [0, 0.05) is 5.41 Å². The van der Waals surface area contributed by atoms with Crippen LogP contribution < -0.4 is 0 Å². The normalized spacial score (nSPS) is 13.0. The van der Waals surface area contributed by atoms with Crippen LogP contribution in [0.1, 0.15) is 38.3 Å². The van der Waals surface area contributed by atoms with E-state index in [1.807, 2.05) is 45.0 Å². The second kappa shape index (κ2) is 6.95. The fourth-order valence-electron chi connectivity index (χ4n) is 3.11. The number of benzene rings is 2. The molecule has 4 nitrogen and oxygen atoms in total. The molecule has 0 saturated heterocycles. The largest absolute Gasteiger partial charge is 0.508 e. The van der Waals surface area contributed by atoms with Crippen molar-refractivity contribution in [1.29, 1.82) is 0 Å². The highest BCUT2D eigenvalue weighted by Crippen LogP contribution is 2.40. The maximum absolute atomic E-state index is 11.7. The van der Waals surface area contributed by atoms with Crippen molar-refractivity contribution in [3.8, 4) is 11.5 Å². The summed E-state index contributed by atoms with van der Waals surface area (Å²) < 4.78 is 0. The van der Waals surface area contributed by atoms with Crippen LogP contribution in [0.2, 0.25) is 0 Å². The van der Waals surface area contributed by atoms with Crippen LogP contribution in [0.15, 0.2) is 48.5 Å². The van der Waals surface area contributed by atoms with Crippen LogP contribution in [0.3, 0.4) is 0 Å². The van der Waals surface area contributed by atoms with E-state index in [-0.39, 0.29) is 17.4 Å². The molecule has 0 fully saturated rings. The average molecular weight is 328 g/mol. The molecule has 3 N–H and O–H groups in total. The molecule has 24 heavy (non-hydrogen) atoms. The topological polar surface area (TPSA) is 77.8 Å². The van der Waals surface area contributed by atoms with E-state index in [4.69, 9.17) is 0 Å². The molecular weight excluding hydrogens is 304 g/mol. The van der Waals surface area contributed by atoms with Crippen LogP contribution >= 0.6 is 0 Å². The molecule has 1 atom stereocenters. The standard InChI is InChI=1S/C20H24O4/c1-13(2)18(19(23)24)12-20(3,14-4-8-16(21)9-5-14)15-6-10-17(22)11-7-15/h4-11,13,18,21-22H,12H2,1-3H3,(H,23,24). The summed E-state index contributed by atoms with van der Waals surface area (Å²) in [7, 11) is 0. The number of aliphatic carboxylic acids is 1. The molecule has 0 radical (unpaired) electrons. The lowest BCUT2D eigenvalue weighted by Crippen LogP contribution is -2.32. The predicted octanol–water partition coefficient (Wildman–Crippen LogP) is 4.15. The number of phenolic OH excluding ortho intramolecular Hbond substituents is 2. The van der Waals surface area contributed by atoms with Crippen molar-refractivity contribution in [3.63, 3.8) is 0 Å². The number of carbonyl (C=O) groups is 1. The molecule has 0 amide bonds. The maximum Gasteiger partial charge on any atom is 0.306 e. The average Bonchev–Trinajstić information content (AvgIpc) is 2.53. The minimum Gasteiger partial charge on any atom is -0.508 e. The van der Waals surface area contributed by atoms with E-state index in [0.29, 0.717) is 6.42 Å². The first kappa shape index (κ1) is 17.9. The highest BCUT2D eigenvalue weighted by atomic mass is 16.4. The van der Waals surface area contributed by atoms with E-state index < -0.39 is 17.3 Å². The molecule has 2 aromatic rings. The Kier molecular flexibility index (Phi) is 5.17. The molecule has 0 bridgehead atoms. The van der Waals surface area contributed by atoms with Crippen LogP contribution in [-0.2, 0) is 10.2 Å². The number of hydrogen-bond acceptors (Lipinski definition) is 3. The van der Waals surface area contributed by atoms with E-state index in [0.717, 1.165) is 11.1 Å². The molecular formula is C20H24O4. The minimum atomic E-state index is -0.811. The van der Waals surface area contributed by atoms with Crippen molar-refractivity contribution in [3.05, 3.63) is 59.7 Å². The van der Waals surface area contributed by atoms with Crippen LogP contribution in [0.25, 0.3) is 0 Å². The third-order valence-electron chi connectivity index (χ3n) is 4.76. The summed E-state index contributed by atoms with van der Waals surface area (Å²) in [5.74, 6) is -0.974. The smallest absolute Gasteiger partial charge is 0.306 e. The van der Waals surface area contributed by atoms with Crippen molar-refractivity contribution in [2.45, 2.75) is 32.6 Å². The van der Waals surface area contributed by atoms with Gasteiger partial charge in [0.05, 0.1) is 5.92 Å². The number of phenols is 2. The highest BCUT2D eigenvalue weighted by Gasteiger charge is 2.36. The second-order valence-electron chi connectivity index (χ2n) is 6.82.